The quantitative estimate of drug-likeness (QED) is 0.673. The lowest BCUT2D eigenvalue weighted by atomic mass is 9.87. The van der Waals surface area contributed by atoms with Gasteiger partial charge in [-0.15, -0.1) is 0 Å². The van der Waals surface area contributed by atoms with Crippen LogP contribution in [0.25, 0.3) is 0 Å². The summed E-state index contributed by atoms with van der Waals surface area (Å²) < 4.78 is 6.54. The van der Waals surface area contributed by atoms with E-state index < -0.39 is 0 Å². The molecule has 1 aliphatic rings. The zero-order valence-electron chi connectivity index (χ0n) is 9.90. The first-order valence-electron chi connectivity index (χ1n) is 6.02. The van der Waals surface area contributed by atoms with Crippen LogP contribution >= 0.6 is 15.9 Å². The Kier molecular flexibility index (Phi) is 3.01. The summed E-state index contributed by atoms with van der Waals surface area (Å²) in [6.07, 6.45) is 3.93. The van der Waals surface area contributed by atoms with E-state index in [0.717, 1.165) is 23.1 Å². The molecule has 1 unspecified atom stereocenters. The van der Waals surface area contributed by atoms with E-state index in [1.54, 1.807) is 6.26 Å². The van der Waals surface area contributed by atoms with E-state index in [2.05, 4.69) is 45.6 Å². The van der Waals surface area contributed by atoms with E-state index in [1.807, 2.05) is 12.1 Å². The van der Waals surface area contributed by atoms with Gasteiger partial charge in [-0.25, -0.2) is 5.43 Å². The van der Waals surface area contributed by atoms with E-state index in [4.69, 9.17) is 10.3 Å². The van der Waals surface area contributed by atoms with Crippen LogP contribution in [0.1, 0.15) is 30.2 Å². The fourth-order valence-electron chi connectivity index (χ4n) is 2.65. The minimum atomic E-state index is 0.00396. The molecule has 3 N–H and O–H groups in total. The van der Waals surface area contributed by atoms with Crippen LogP contribution in [0.5, 0.6) is 0 Å². The van der Waals surface area contributed by atoms with Crippen molar-refractivity contribution in [3.8, 4) is 0 Å². The zero-order valence-corrected chi connectivity index (χ0v) is 11.5. The molecule has 94 valence electrons. The molecular formula is C14H15BrN2O. The predicted molar refractivity (Wildman–Crippen MR) is 73.8 cm³/mol. The molecule has 0 amide bonds. The third-order valence-electron chi connectivity index (χ3n) is 3.76. The second-order valence-corrected chi connectivity index (χ2v) is 5.61. The summed E-state index contributed by atoms with van der Waals surface area (Å²) in [5, 5.41) is 0. The Morgan fingerprint density at radius 2 is 1.94 bits per heavy atom. The van der Waals surface area contributed by atoms with Crippen LogP contribution in [0.15, 0.2) is 51.6 Å². The number of furan rings is 1. The molecule has 3 rings (SSSR count). The SMILES string of the molecule is NNC(c1occc1Br)C1(c2ccccc2)CC1. The van der Waals surface area contributed by atoms with E-state index >= 15 is 0 Å². The van der Waals surface area contributed by atoms with Crippen LogP contribution in [-0.4, -0.2) is 0 Å². The van der Waals surface area contributed by atoms with Gasteiger partial charge >= 0.3 is 0 Å². The molecule has 0 bridgehead atoms. The molecule has 4 heteroatoms. The van der Waals surface area contributed by atoms with Gasteiger partial charge in [0.1, 0.15) is 5.76 Å². The van der Waals surface area contributed by atoms with Crippen molar-refractivity contribution in [3.63, 3.8) is 0 Å². The van der Waals surface area contributed by atoms with Gasteiger partial charge in [0.2, 0.25) is 0 Å². The summed E-state index contributed by atoms with van der Waals surface area (Å²) in [7, 11) is 0. The highest BCUT2D eigenvalue weighted by molar-refractivity contribution is 9.10. The molecule has 1 saturated carbocycles. The number of hydrogen-bond donors (Lipinski definition) is 2. The van der Waals surface area contributed by atoms with E-state index in [9.17, 15) is 0 Å². The van der Waals surface area contributed by atoms with Crippen molar-refractivity contribution in [2.24, 2.45) is 5.84 Å². The number of nitrogens with two attached hydrogens (primary N) is 1. The second kappa shape index (κ2) is 4.53. The Hall–Kier alpha value is -1.10. The van der Waals surface area contributed by atoms with Crippen molar-refractivity contribution in [2.45, 2.75) is 24.3 Å². The van der Waals surface area contributed by atoms with Crippen LogP contribution in [0, 0.1) is 0 Å². The largest absolute Gasteiger partial charge is 0.466 e. The highest BCUT2D eigenvalue weighted by atomic mass is 79.9. The van der Waals surface area contributed by atoms with Crippen molar-refractivity contribution in [1.29, 1.82) is 0 Å². The minimum Gasteiger partial charge on any atom is -0.466 e. The fraction of sp³-hybridized carbons (Fsp3) is 0.286. The van der Waals surface area contributed by atoms with Gasteiger partial charge in [0.05, 0.1) is 16.8 Å². The van der Waals surface area contributed by atoms with Crippen LogP contribution in [0.4, 0.5) is 0 Å². The molecule has 1 aromatic heterocycles. The number of hydrazine groups is 1. The molecular weight excluding hydrogens is 292 g/mol. The topological polar surface area (TPSA) is 51.2 Å². The lowest BCUT2D eigenvalue weighted by Crippen LogP contribution is -2.36. The van der Waals surface area contributed by atoms with Gasteiger partial charge in [0, 0.05) is 5.41 Å². The molecule has 3 nitrogen and oxygen atoms in total. The molecule has 1 heterocycles. The van der Waals surface area contributed by atoms with Crippen molar-refractivity contribution in [1.82, 2.24) is 5.43 Å². The van der Waals surface area contributed by atoms with Gasteiger partial charge in [-0.2, -0.15) is 0 Å². The Balaban J connectivity index is 2.00. The summed E-state index contributed by atoms with van der Waals surface area (Å²) in [6, 6.07) is 12.4. The van der Waals surface area contributed by atoms with Crippen LogP contribution in [0.2, 0.25) is 0 Å². The Labute approximate surface area is 114 Å². The van der Waals surface area contributed by atoms with Crippen LogP contribution in [-0.2, 0) is 5.41 Å². The maximum absolute atomic E-state index is 5.77. The number of hydrogen-bond acceptors (Lipinski definition) is 3. The van der Waals surface area contributed by atoms with E-state index in [0.29, 0.717) is 0 Å². The predicted octanol–water partition coefficient (Wildman–Crippen LogP) is 3.28. The summed E-state index contributed by atoms with van der Waals surface area (Å²) in [5.74, 6) is 6.64. The van der Waals surface area contributed by atoms with Gasteiger partial charge in [0.15, 0.2) is 0 Å². The molecule has 1 fully saturated rings. The molecule has 2 aromatic rings. The Morgan fingerprint density at radius 1 is 1.22 bits per heavy atom. The van der Waals surface area contributed by atoms with Crippen molar-refractivity contribution >= 4 is 15.9 Å². The highest BCUT2D eigenvalue weighted by Crippen LogP contribution is 2.57. The lowest BCUT2D eigenvalue weighted by Gasteiger charge is -2.25. The average molecular weight is 307 g/mol. The van der Waals surface area contributed by atoms with Crippen LogP contribution < -0.4 is 11.3 Å². The number of benzene rings is 1. The molecule has 1 aromatic carbocycles. The third-order valence-corrected chi connectivity index (χ3v) is 4.42. The Bertz CT molecular complexity index is 534. The number of rotatable bonds is 4. The van der Waals surface area contributed by atoms with Gasteiger partial charge in [-0.05, 0) is 40.4 Å². The minimum absolute atomic E-state index is 0.00396. The number of nitrogens with one attached hydrogen (secondary N) is 1. The summed E-state index contributed by atoms with van der Waals surface area (Å²) in [5.41, 5.74) is 4.30. The summed E-state index contributed by atoms with van der Waals surface area (Å²) in [4.78, 5) is 0. The van der Waals surface area contributed by atoms with Gasteiger partial charge < -0.3 is 4.42 Å². The first-order valence-corrected chi connectivity index (χ1v) is 6.82. The fourth-order valence-corrected chi connectivity index (χ4v) is 3.08. The van der Waals surface area contributed by atoms with Gasteiger partial charge in [-0.1, -0.05) is 30.3 Å². The van der Waals surface area contributed by atoms with Gasteiger partial charge in [-0.3, -0.25) is 5.84 Å². The molecule has 0 aliphatic heterocycles. The molecule has 1 atom stereocenters. The average Bonchev–Trinajstić information content (AvgIpc) is 3.10. The third kappa shape index (κ3) is 1.81. The maximum atomic E-state index is 5.77. The normalized spacial score (nSPS) is 18.6. The standard InChI is InChI=1S/C14H15BrN2O/c15-11-6-9-18-12(11)13(17-16)14(7-8-14)10-4-2-1-3-5-10/h1-6,9,13,17H,7-8,16H2. The van der Waals surface area contributed by atoms with Crippen LogP contribution in [0.3, 0.4) is 0 Å². The molecule has 0 spiro atoms. The highest BCUT2D eigenvalue weighted by Gasteiger charge is 2.52. The number of halogens is 1. The van der Waals surface area contributed by atoms with Crippen molar-refractivity contribution in [3.05, 3.63) is 58.5 Å². The lowest BCUT2D eigenvalue weighted by molar-refractivity contribution is 0.355. The monoisotopic (exact) mass is 306 g/mol. The smallest absolute Gasteiger partial charge is 0.137 e. The van der Waals surface area contributed by atoms with E-state index in [-0.39, 0.29) is 11.5 Å². The molecule has 1 aliphatic carbocycles. The molecule has 0 radical (unpaired) electrons. The van der Waals surface area contributed by atoms with E-state index in [1.165, 1.54) is 5.56 Å². The maximum Gasteiger partial charge on any atom is 0.137 e. The Morgan fingerprint density at radius 3 is 2.44 bits per heavy atom. The first-order chi connectivity index (χ1) is 8.78. The summed E-state index contributed by atoms with van der Waals surface area (Å²) in [6.45, 7) is 0. The van der Waals surface area contributed by atoms with Gasteiger partial charge in [0.25, 0.3) is 0 Å². The molecule has 0 saturated heterocycles. The molecule has 18 heavy (non-hydrogen) atoms. The summed E-state index contributed by atoms with van der Waals surface area (Å²) >= 11 is 3.51. The first kappa shape index (κ1) is 12.0. The zero-order chi connectivity index (χ0) is 12.6. The van der Waals surface area contributed by atoms with Crippen molar-refractivity contribution in [2.75, 3.05) is 0 Å². The second-order valence-electron chi connectivity index (χ2n) is 4.75. The van der Waals surface area contributed by atoms with Crippen molar-refractivity contribution < 1.29 is 4.42 Å².